The van der Waals surface area contributed by atoms with Crippen molar-refractivity contribution in [3.05, 3.63) is 0 Å². The van der Waals surface area contributed by atoms with E-state index in [0.717, 1.165) is 0 Å². The zero-order valence-electron chi connectivity index (χ0n) is 7.70. The standard InChI is InChI=1S/C9H12O4/c1-4-7(5-2)13-9(11)8(10)12-6-3/h1,7H,5-6H2,2-3H3. The Morgan fingerprint density at radius 2 is 2.00 bits per heavy atom. The largest absolute Gasteiger partial charge is 0.458 e. The van der Waals surface area contributed by atoms with Gasteiger partial charge in [-0.1, -0.05) is 12.8 Å². The minimum absolute atomic E-state index is 0.140. The van der Waals surface area contributed by atoms with Gasteiger partial charge in [-0.25, -0.2) is 9.59 Å². The third-order valence-corrected chi connectivity index (χ3v) is 1.25. The molecule has 0 aliphatic heterocycles. The fraction of sp³-hybridized carbons (Fsp3) is 0.556. The van der Waals surface area contributed by atoms with Gasteiger partial charge in [0.05, 0.1) is 6.61 Å². The average molecular weight is 184 g/mol. The van der Waals surface area contributed by atoms with Gasteiger partial charge in [0.1, 0.15) is 0 Å². The minimum Gasteiger partial charge on any atom is -0.458 e. The summed E-state index contributed by atoms with van der Waals surface area (Å²) in [6, 6.07) is 0. The molecule has 0 spiro atoms. The number of rotatable bonds is 3. The number of hydrogen-bond acceptors (Lipinski definition) is 4. The van der Waals surface area contributed by atoms with Crippen LogP contribution in [0.15, 0.2) is 0 Å². The molecule has 0 rings (SSSR count). The van der Waals surface area contributed by atoms with Crippen molar-refractivity contribution < 1.29 is 19.1 Å². The Morgan fingerprint density at radius 1 is 1.38 bits per heavy atom. The first-order chi connectivity index (χ1) is 6.15. The monoisotopic (exact) mass is 184 g/mol. The predicted octanol–water partition coefficient (Wildman–Crippen LogP) is 0.504. The molecule has 0 radical (unpaired) electrons. The molecule has 0 heterocycles. The first-order valence-electron chi connectivity index (χ1n) is 3.99. The minimum atomic E-state index is -1.04. The maximum Gasteiger partial charge on any atom is 0.418 e. The molecule has 72 valence electrons. The summed E-state index contributed by atoms with van der Waals surface area (Å²) in [4.78, 5) is 21.6. The van der Waals surface area contributed by atoms with E-state index in [4.69, 9.17) is 6.42 Å². The summed E-state index contributed by atoms with van der Waals surface area (Å²) in [5.74, 6) is 0.190. The highest BCUT2D eigenvalue weighted by Crippen LogP contribution is 1.97. The van der Waals surface area contributed by atoms with Crippen LogP contribution in [0.1, 0.15) is 20.3 Å². The molecule has 4 heteroatoms. The van der Waals surface area contributed by atoms with Crippen LogP contribution in [0.25, 0.3) is 0 Å². The van der Waals surface area contributed by atoms with Gasteiger partial charge in [-0.05, 0) is 13.3 Å². The van der Waals surface area contributed by atoms with Crippen molar-refractivity contribution in [1.82, 2.24) is 0 Å². The van der Waals surface area contributed by atoms with E-state index in [9.17, 15) is 9.59 Å². The van der Waals surface area contributed by atoms with E-state index in [1.54, 1.807) is 13.8 Å². The van der Waals surface area contributed by atoms with Crippen molar-refractivity contribution in [3.63, 3.8) is 0 Å². The van der Waals surface area contributed by atoms with Crippen LogP contribution < -0.4 is 0 Å². The normalized spacial score (nSPS) is 11.2. The zero-order chi connectivity index (χ0) is 10.3. The molecular weight excluding hydrogens is 172 g/mol. The quantitative estimate of drug-likeness (QED) is 0.364. The lowest BCUT2D eigenvalue weighted by Gasteiger charge is -2.08. The van der Waals surface area contributed by atoms with Crippen LogP contribution in [0.4, 0.5) is 0 Å². The molecule has 1 unspecified atom stereocenters. The number of carbonyl (C=O) groups excluding carboxylic acids is 2. The molecule has 0 aliphatic carbocycles. The molecule has 4 nitrogen and oxygen atoms in total. The van der Waals surface area contributed by atoms with Gasteiger partial charge < -0.3 is 9.47 Å². The van der Waals surface area contributed by atoms with Gasteiger partial charge >= 0.3 is 11.9 Å². The second-order valence-corrected chi connectivity index (χ2v) is 2.19. The number of terminal acetylenes is 1. The van der Waals surface area contributed by atoms with E-state index in [1.807, 2.05) is 0 Å². The molecular formula is C9H12O4. The van der Waals surface area contributed by atoms with Crippen LogP contribution in [0.3, 0.4) is 0 Å². The molecule has 0 aromatic rings. The Kier molecular flexibility index (Phi) is 5.37. The maximum atomic E-state index is 10.9. The highest BCUT2D eigenvalue weighted by atomic mass is 16.6. The van der Waals surface area contributed by atoms with Crippen molar-refractivity contribution in [1.29, 1.82) is 0 Å². The van der Waals surface area contributed by atoms with Crippen molar-refractivity contribution >= 4 is 11.9 Å². The SMILES string of the molecule is C#CC(CC)OC(=O)C(=O)OCC. The summed E-state index contributed by atoms with van der Waals surface area (Å²) in [5.41, 5.74) is 0. The van der Waals surface area contributed by atoms with E-state index in [2.05, 4.69) is 15.4 Å². The smallest absolute Gasteiger partial charge is 0.418 e. The summed E-state index contributed by atoms with van der Waals surface area (Å²) >= 11 is 0. The molecule has 0 amide bonds. The molecule has 0 aromatic carbocycles. The van der Waals surface area contributed by atoms with Crippen molar-refractivity contribution in [2.75, 3.05) is 6.61 Å². The van der Waals surface area contributed by atoms with E-state index in [-0.39, 0.29) is 6.61 Å². The Balaban J connectivity index is 4.00. The second kappa shape index (κ2) is 6.06. The third kappa shape index (κ3) is 4.16. The molecule has 0 saturated carbocycles. The van der Waals surface area contributed by atoms with Gasteiger partial charge in [0, 0.05) is 0 Å². The highest BCUT2D eigenvalue weighted by molar-refractivity contribution is 6.29. The topological polar surface area (TPSA) is 52.6 Å². The summed E-state index contributed by atoms with van der Waals surface area (Å²) < 4.78 is 9.03. The summed E-state index contributed by atoms with van der Waals surface area (Å²) in [7, 11) is 0. The van der Waals surface area contributed by atoms with E-state index in [1.165, 1.54) is 0 Å². The predicted molar refractivity (Wildman–Crippen MR) is 45.6 cm³/mol. The van der Waals surface area contributed by atoms with Gasteiger partial charge in [0.2, 0.25) is 0 Å². The van der Waals surface area contributed by atoms with E-state index >= 15 is 0 Å². The first kappa shape index (κ1) is 11.5. The van der Waals surface area contributed by atoms with Crippen LogP contribution >= 0.6 is 0 Å². The fourth-order valence-corrected chi connectivity index (χ4v) is 0.603. The van der Waals surface area contributed by atoms with Gasteiger partial charge in [0.25, 0.3) is 0 Å². The molecule has 0 saturated heterocycles. The highest BCUT2D eigenvalue weighted by Gasteiger charge is 2.19. The lowest BCUT2D eigenvalue weighted by Crippen LogP contribution is -2.25. The van der Waals surface area contributed by atoms with Crippen molar-refractivity contribution in [3.8, 4) is 12.3 Å². The second-order valence-electron chi connectivity index (χ2n) is 2.19. The lowest BCUT2D eigenvalue weighted by atomic mass is 10.3. The number of ether oxygens (including phenoxy) is 2. The molecule has 0 bridgehead atoms. The van der Waals surface area contributed by atoms with Crippen LogP contribution in [-0.4, -0.2) is 24.6 Å². The third-order valence-electron chi connectivity index (χ3n) is 1.25. The molecule has 0 aromatic heterocycles. The summed E-state index contributed by atoms with van der Waals surface area (Å²) in [5, 5.41) is 0. The number of esters is 2. The van der Waals surface area contributed by atoms with E-state index in [0.29, 0.717) is 6.42 Å². The van der Waals surface area contributed by atoms with Gasteiger partial charge in [-0.3, -0.25) is 0 Å². The van der Waals surface area contributed by atoms with Crippen LogP contribution in [-0.2, 0) is 19.1 Å². The summed E-state index contributed by atoms with van der Waals surface area (Å²) in [6.45, 7) is 3.49. The van der Waals surface area contributed by atoms with E-state index < -0.39 is 18.0 Å². The lowest BCUT2D eigenvalue weighted by molar-refractivity contribution is -0.169. The molecule has 1 atom stereocenters. The molecule has 13 heavy (non-hydrogen) atoms. The maximum absolute atomic E-state index is 10.9. The Bertz CT molecular complexity index is 226. The van der Waals surface area contributed by atoms with Crippen molar-refractivity contribution in [2.24, 2.45) is 0 Å². The van der Waals surface area contributed by atoms with Crippen LogP contribution in [0.2, 0.25) is 0 Å². The Hall–Kier alpha value is -1.50. The van der Waals surface area contributed by atoms with Crippen LogP contribution in [0.5, 0.6) is 0 Å². The molecule has 0 N–H and O–H groups in total. The Morgan fingerprint density at radius 3 is 2.38 bits per heavy atom. The number of hydrogen-bond donors (Lipinski definition) is 0. The molecule has 0 aliphatic rings. The zero-order valence-corrected chi connectivity index (χ0v) is 7.70. The molecule has 0 fully saturated rings. The summed E-state index contributed by atoms with van der Waals surface area (Å²) in [6.07, 6.45) is 4.84. The Labute approximate surface area is 77.2 Å². The average Bonchev–Trinajstić information content (AvgIpc) is 2.14. The van der Waals surface area contributed by atoms with Gasteiger partial charge in [-0.15, -0.1) is 6.42 Å². The fourth-order valence-electron chi connectivity index (χ4n) is 0.603. The van der Waals surface area contributed by atoms with Crippen molar-refractivity contribution in [2.45, 2.75) is 26.4 Å². The van der Waals surface area contributed by atoms with Gasteiger partial charge in [-0.2, -0.15) is 0 Å². The van der Waals surface area contributed by atoms with Crippen LogP contribution in [0, 0.1) is 12.3 Å². The van der Waals surface area contributed by atoms with Gasteiger partial charge in [0.15, 0.2) is 6.10 Å². The number of carbonyl (C=O) groups is 2. The first-order valence-corrected chi connectivity index (χ1v) is 3.99.